The Morgan fingerprint density at radius 1 is 1.56 bits per heavy atom. The van der Waals surface area contributed by atoms with E-state index in [0.717, 1.165) is 6.54 Å². The summed E-state index contributed by atoms with van der Waals surface area (Å²) in [4.78, 5) is 4.84. The molecule has 0 amide bonds. The maximum absolute atomic E-state index is 5.92. The molecular weight excluding hydrogens is 244 g/mol. The lowest BCUT2D eigenvalue weighted by Gasteiger charge is -2.16. The molecule has 3 rings (SSSR count). The first kappa shape index (κ1) is 12.6. The molecule has 2 aliphatic rings. The Labute approximate surface area is 113 Å². The Kier molecular flexibility index (Phi) is 3.68. The minimum Gasteiger partial charge on any atom is -0.374 e. The first-order valence-corrected chi connectivity index (χ1v) is 8.00. The van der Waals surface area contributed by atoms with Gasteiger partial charge in [0.25, 0.3) is 0 Å². The fraction of sp³-hybridized carbons (Fsp3) is 0.786. The zero-order chi connectivity index (χ0) is 12.5. The van der Waals surface area contributed by atoms with Crippen molar-refractivity contribution in [3.05, 3.63) is 16.1 Å². The minimum absolute atomic E-state index is 0.370. The molecule has 3 nitrogen and oxygen atoms in total. The number of thiazole rings is 1. The third kappa shape index (κ3) is 2.33. The van der Waals surface area contributed by atoms with Gasteiger partial charge in [0, 0.05) is 17.3 Å². The summed E-state index contributed by atoms with van der Waals surface area (Å²) in [6, 6.07) is 0.370. The van der Waals surface area contributed by atoms with Crippen LogP contribution in [0.25, 0.3) is 0 Å². The summed E-state index contributed by atoms with van der Waals surface area (Å²) in [7, 11) is 0. The van der Waals surface area contributed by atoms with E-state index in [2.05, 4.69) is 24.5 Å². The smallest absolute Gasteiger partial charge is 0.0986 e. The normalized spacial score (nSPS) is 32.0. The van der Waals surface area contributed by atoms with Crippen LogP contribution in [-0.4, -0.2) is 23.7 Å². The summed E-state index contributed by atoms with van der Waals surface area (Å²) in [5, 5.41) is 7.01. The average Bonchev–Trinajstić information content (AvgIpc) is 3.09. The highest BCUT2D eigenvalue weighted by atomic mass is 32.1. The van der Waals surface area contributed by atoms with Crippen LogP contribution in [0.15, 0.2) is 5.38 Å². The van der Waals surface area contributed by atoms with Gasteiger partial charge in [-0.2, -0.15) is 0 Å². The summed E-state index contributed by atoms with van der Waals surface area (Å²) in [6.07, 6.45) is 5.81. The third-order valence-electron chi connectivity index (χ3n) is 4.11. The van der Waals surface area contributed by atoms with E-state index >= 15 is 0 Å². The van der Waals surface area contributed by atoms with E-state index in [1.165, 1.54) is 36.4 Å². The van der Waals surface area contributed by atoms with Crippen LogP contribution in [-0.2, 0) is 4.74 Å². The van der Waals surface area contributed by atoms with Gasteiger partial charge in [0.2, 0.25) is 0 Å². The highest BCUT2D eigenvalue weighted by Crippen LogP contribution is 2.45. The van der Waals surface area contributed by atoms with Gasteiger partial charge in [0.05, 0.1) is 22.9 Å². The predicted octanol–water partition coefficient (Wildman–Crippen LogP) is 3.24. The van der Waals surface area contributed by atoms with Gasteiger partial charge in [0.15, 0.2) is 0 Å². The molecule has 3 heterocycles. The average molecular weight is 266 g/mol. The van der Waals surface area contributed by atoms with Gasteiger partial charge in [-0.05, 0) is 39.2 Å². The summed E-state index contributed by atoms with van der Waals surface area (Å²) in [6.45, 7) is 5.45. The van der Waals surface area contributed by atoms with Crippen molar-refractivity contribution in [1.82, 2.24) is 10.3 Å². The SMILES string of the molecule is CCCNC(C)c1csc(C2CC3CCC2O3)n1. The van der Waals surface area contributed by atoms with Crippen LogP contribution in [0.5, 0.6) is 0 Å². The summed E-state index contributed by atoms with van der Waals surface area (Å²) in [5.74, 6) is 0.570. The molecule has 2 saturated heterocycles. The molecule has 0 radical (unpaired) electrons. The molecule has 1 aromatic heterocycles. The highest BCUT2D eigenvalue weighted by molar-refractivity contribution is 7.09. The summed E-state index contributed by atoms with van der Waals surface area (Å²) < 4.78 is 5.92. The molecular formula is C14H22N2OS. The van der Waals surface area contributed by atoms with Crippen LogP contribution in [0.3, 0.4) is 0 Å². The van der Waals surface area contributed by atoms with Crippen molar-refractivity contribution in [3.8, 4) is 0 Å². The molecule has 0 saturated carbocycles. The lowest BCUT2D eigenvalue weighted by atomic mass is 9.90. The van der Waals surface area contributed by atoms with Crippen molar-refractivity contribution in [1.29, 1.82) is 0 Å². The van der Waals surface area contributed by atoms with Crippen LogP contribution in [0, 0.1) is 0 Å². The van der Waals surface area contributed by atoms with Gasteiger partial charge >= 0.3 is 0 Å². The number of fused-ring (bicyclic) bond motifs is 2. The van der Waals surface area contributed by atoms with Crippen LogP contribution < -0.4 is 5.32 Å². The molecule has 4 atom stereocenters. The molecule has 0 aliphatic carbocycles. The van der Waals surface area contributed by atoms with Gasteiger partial charge in [-0.25, -0.2) is 4.98 Å². The molecule has 100 valence electrons. The zero-order valence-corrected chi connectivity index (χ0v) is 12.0. The van der Waals surface area contributed by atoms with Gasteiger partial charge in [-0.1, -0.05) is 6.92 Å². The lowest BCUT2D eigenvalue weighted by Crippen LogP contribution is -2.20. The molecule has 18 heavy (non-hydrogen) atoms. The van der Waals surface area contributed by atoms with Crippen molar-refractivity contribution in [2.75, 3.05) is 6.54 Å². The minimum atomic E-state index is 0.370. The molecule has 4 heteroatoms. The van der Waals surface area contributed by atoms with Crippen molar-refractivity contribution in [2.24, 2.45) is 0 Å². The third-order valence-corrected chi connectivity index (χ3v) is 5.10. The summed E-state index contributed by atoms with van der Waals surface area (Å²) in [5.41, 5.74) is 1.20. The second-order valence-electron chi connectivity index (χ2n) is 5.50. The molecule has 4 unspecified atom stereocenters. The second kappa shape index (κ2) is 5.27. The molecule has 0 spiro atoms. The van der Waals surface area contributed by atoms with E-state index in [9.17, 15) is 0 Å². The maximum atomic E-state index is 5.92. The Morgan fingerprint density at radius 3 is 3.11 bits per heavy atom. The first-order valence-electron chi connectivity index (χ1n) is 7.12. The van der Waals surface area contributed by atoms with Crippen molar-refractivity contribution in [3.63, 3.8) is 0 Å². The van der Waals surface area contributed by atoms with E-state index in [1.807, 2.05) is 11.3 Å². The number of nitrogens with zero attached hydrogens (tertiary/aromatic N) is 1. The van der Waals surface area contributed by atoms with Crippen LogP contribution in [0.4, 0.5) is 0 Å². The van der Waals surface area contributed by atoms with Crippen molar-refractivity contribution in [2.45, 2.75) is 63.7 Å². The van der Waals surface area contributed by atoms with E-state index in [0.29, 0.717) is 24.2 Å². The number of aromatic nitrogens is 1. The number of rotatable bonds is 5. The van der Waals surface area contributed by atoms with E-state index in [-0.39, 0.29) is 0 Å². The molecule has 1 aromatic rings. The lowest BCUT2D eigenvalue weighted by molar-refractivity contribution is 0.100. The zero-order valence-electron chi connectivity index (χ0n) is 11.2. The second-order valence-corrected chi connectivity index (χ2v) is 6.39. The highest BCUT2D eigenvalue weighted by Gasteiger charge is 2.42. The Bertz CT molecular complexity index is 406. The van der Waals surface area contributed by atoms with E-state index < -0.39 is 0 Å². The number of hydrogen-bond donors (Lipinski definition) is 1. The predicted molar refractivity (Wildman–Crippen MR) is 74.1 cm³/mol. The molecule has 2 bridgehead atoms. The fourth-order valence-electron chi connectivity index (χ4n) is 3.03. The Balaban J connectivity index is 1.66. The first-order chi connectivity index (χ1) is 8.78. The molecule has 2 aliphatic heterocycles. The largest absolute Gasteiger partial charge is 0.374 e. The maximum Gasteiger partial charge on any atom is 0.0986 e. The van der Waals surface area contributed by atoms with Crippen LogP contribution >= 0.6 is 11.3 Å². The Hall–Kier alpha value is -0.450. The van der Waals surface area contributed by atoms with E-state index in [1.54, 1.807) is 0 Å². The van der Waals surface area contributed by atoms with Crippen molar-refractivity contribution < 1.29 is 4.74 Å². The van der Waals surface area contributed by atoms with Gasteiger partial charge < -0.3 is 10.1 Å². The fourth-order valence-corrected chi connectivity index (χ4v) is 4.11. The number of nitrogens with one attached hydrogen (secondary N) is 1. The van der Waals surface area contributed by atoms with Crippen LogP contribution in [0.2, 0.25) is 0 Å². The molecule has 0 aromatic carbocycles. The quantitative estimate of drug-likeness (QED) is 0.888. The topological polar surface area (TPSA) is 34.1 Å². The van der Waals surface area contributed by atoms with Gasteiger partial charge in [-0.15, -0.1) is 11.3 Å². The monoisotopic (exact) mass is 266 g/mol. The van der Waals surface area contributed by atoms with Gasteiger partial charge in [0.1, 0.15) is 0 Å². The van der Waals surface area contributed by atoms with Crippen LogP contribution in [0.1, 0.15) is 62.2 Å². The van der Waals surface area contributed by atoms with Gasteiger partial charge in [-0.3, -0.25) is 0 Å². The van der Waals surface area contributed by atoms with E-state index in [4.69, 9.17) is 9.72 Å². The molecule has 1 N–H and O–H groups in total. The Morgan fingerprint density at radius 2 is 2.44 bits per heavy atom. The standard InChI is InChI=1S/C14H22N2OS/c1-3-6-15-9(2)12-8-18-14(16-12)11-7-10-4-5-13(11)17-10/h8-11,13,15H,3-7H2,1-2H3. The number of hydrogen-bond acceptors (Lipinski definition) is 4. The summed E-state index contributed by atoms with van der Waals surface area (Å²) >= 11 is 1.82. The number of ether oxygens (including phenoxy) is 1. The molecule has 2 fully saturated rings. The van der Waals surface area contributed by atoms with Crippen molar-refractivity contribution >= 4 is 11.3 Å².